The highest BCUT2D eigenvalue weighted by Crippen LogP contribution is 2.27. The molecule has 0 spiro atoms. The Morgan fingerprint density at radius 1 is 1.04 bits per heavy atom. The quantitative estimate of drug-likeness (QED) is 0.536. The third-order valence-electron chi connectivity index (χ3n) is 3.94. The minimum Gasteiger partial charge on any atom is -0.478 e. The highest BCUT2D eigenvalue weighted by Gasteiger charge is 2.43. The number of nitrogens with zero attached hydrogens (tertiary/aromatic N) is 1. The molecule has 7 nitrogen and oxygen atoms in total. The molecule has 0 aliphatic carbocycles. The third-order valence-corrected chi connectivity index (χ3v) is 3.94. The monoisotopic (exact) mass is 348 g/mol. The van der Waals surface area contributed by atoms with E-state index in [1.54, 1.807) is 58.0 Å². The second-order valence-electron chi connectivity index (χ2n) is 6.26. The highest BCUT2D eigenvalue weighted by molar-refractivity contribution is 6.06. The lowest BCUT2D eigenvalue weighted by atomic mass is 9.80. The highest BCUT2D eigenvalue weighted by atomic mass is 16.4. The molecular formula is C18H24N2O5. The lowest BCUT2D eigenvalue weighted by Crippen LogP contribution is -2.59. The van der Waals surface area contributed by atoms with Crippen LogP contribution in [-0.4, -0.2) is 33.6 Å². The molecule has 0 heterocycles. The van der Waals surface area contributed by atoms with Crippen molar-refractivity contribution in [2.45, 2.75) is 33.3 Å². The SMILES string of the molecule is CC(C)C(O)(C(=O)NN(C(=O)C=CC(=O)O)c1ccccc1)C(C)C. The standard InChI is InChI=1S/C18H24N2O5/c1-12(2)18(25,13(3)4)17(24)19-20(14-8-6-5-7-9-14)15(21)10-11-16(22)23/h5-13,25H,1-4H3,(H,19,24)(H,22,23). The molecule has 0 bridgehead atoms. The molecule has 1 rings (SSSR count). The first kappa shape index (κ1) is 20.4. The van der Waals surface area contributed by atoms with Crippen LogP contribution in [0.2, 0.25) is 0 Å². The summed E-state index contributed by atoms with van der Waals surface area (Å²) < 4.78 is 0. The fraction of sp³-hybridized carbons (Fsp3) is 0.389. The van der Waals surface area contributed by atoms with E-state index in [1.165, 1.54) is 0 Å². The van der Waals surface area contributed by atoms with Gasteiger partial charge in [0.1, 0.15) is 5.60 Å². The molecule has 25 heavy (non-hydrogen) atoms. The van der Waals surface area contributed by atoms with Crippen molar-refractivity contribution in [1.29, 1.82) is 0 Å². The molecule has 1 aromatic carbocycles. The summed E-state index contributed by atoms with van der Waals surface area (Å²) in [5.41, 5.74) is 1.06. The summed E-state index contributed by atoms with van der Waals surface area (Å²) in [4.78, 5) is 35.6. The van der Waals surface area contributed by atoms with Crippen LogP contribution in [0.25, 0.3) is 0 Å². The number of amides is 2. The summed E-state index contributed by atoms with van der Waals surface area (Å²) in [6.07, 6.45) is 1.51. The Labute approximate surface area is 146 Å². The minimum absolute atomic E-state index is 0.339. The van der Waals surface area contributed by atoms with Gasteiger partial charge in [0.05, 0.1) is 5.69 Å². The van der Waals surface area contributed by atoms with Gasteiger partial charge in [0, 0.05) is 12.2 Å². The van der Waals surface area contributed by atoms with E-state index in [-0.39, 0.29) is 0 Å². The number of hydrogen-bond acceptors (Lipinski definition) is 4. The first-order valence-corrected chi connectivity index (χ1v) is 7.94. The third kappa shape index (κ3) is 4.90. The molecule has 136 valence electrons. The Morgan fingerprint density at radius 2 is 1.56 bits per heavy atom. The van der Waals surface area contributed by atoms with Gasteiger partial charge >= 0.3 is 5.97 Å². The van der Waals surface area contributed by atoms with Crippen LogP contribution in [-0.2, 0) is 14.4 Å². The first-order valence-electron chi connectivity index (χ1n) is 7.94. The molecule has 7 heteroatoms. The lowest BCUT2D eigenvalue weighted by molar-refractivity contribution is -0.151. The lowest BCUT2D eigenvalue weighted by Gasteiger charge is -2.36. The van der Waals surface area contributed by atoms with Crippen LogP contribution in [0.3, 0.4) is 0 Å². The van der Waals surface area contributed by atoms with E-state index in [2.05, 4.69) is 5.43 Å². The molecule has 0 saturated heterocycles. The molecule has 0 fully saturated rings. The topological polar surface area (TPSA) is 107 Å². The van der Waals surface area contributed by atoms with Crippen molar-refractivity contribution in [3.63, 3.8) is 0 Å². The van der Waals surface area contributed by atoms with Gasteiger partial charge in [-0.05, 0) is 24.0 Å². The average Bonchev–Trinajstić information content (AvgIpc) is 2.56. The first-order chi connectivity index (χ1) is 11.6. The zero-order chi connectivity index (χ0) is 19.2. The number of benzene rings is 1. The summed E-state index contributed by atoms with van der Waals surface area (Å²) in [5.74, 6) is -3.56. The fourth-order valence-electron chi connectivity index (χ4n) is 2.42. The van der Waals surface area contributed by atoms with Crippen LogP contribution in [0, 0.1) is 11.8 Å². The Balaban J connectivity index is 3.19. The summed E-state index contributed by atoms with van der Waals surface area (Å²) in [6.45, 7) is 6.83. The molecule has 0 aromatic heterocycles. The predicted molar refractivity (Wildman–Crippen MR) is 93.5 cm³/mol. The summed E-state index contributed by atoms with van der Waals surface area (Å²) in [5, 5.41) is 20.4. The number of nitrogens with one attached hydrogen (secondary N) is 1. The van der Waals surface area contributed by atoms with Crippen molar-refractivity contribution in [1.82, 2.24) is 5.43 Å². The van der Waals surface area contributed by atoms with Crippen LogP contribution >= 0.6 is 0 Å². The maximum Gasteiger partial charge on any atom is 0.328 e. The van der Waals surface area contributed by atoms with Gasteiger partial charge in [0.2, 0.25) is 0 Å². The molecule has 1 aromatic rings. The number of carbonyl (C=O) groups is 3. The number of anilines is 1. The van der Waals surface area contributed by atoms with Gasteiger partial charge in [-0.1, -0.05) is 45.9 Å². The Bertz CT molecular complexity index is 645. The van der Waals surface area contributed by atoms with Crippen molar-refractivity contribution < 1.29 is 24.6 Å². The van der Waals surface area contributed by atoms with E-state index in [0.29, 0.717) is 11.8 Å². The number of hydrogen-bond donors (Lipinski definition) is 3. The molecular weight excluding hydrogens is 324 g/mol. The van der Waals surface area contributed by atoms with Gasteiger partial charge in [-0.25, -0.2) is 9.80 Å². The molecule has 0 atom stereocenters. The molecule has 0 radical (unpaired) electrons. The second-order valence-corrected chi connectivity index (χ2v) is 6.26. The van der Waals surface area contributed by atoms with Crippen molar-refractivity contribution in [3.8, 4) is 0 Å². The molecule has 0 aliphatic rings. The van der Waals surface area contributed by atoms with Crippen LogP contribution in [0.4, 0.5) is 5.69 Å². The minimum atomic E-state index is -1.69. The fourth-order valence-corrected chi connectivity index (χ4v) is 2.42. The molecule has 0 aliphatic heterocycles. The molecule has 0 saturated carbocycles. The summed E-state index contributed by atoms with van der Waals surface area (Å²) >= 11 is 0. The second kappa shape index (κ2) is 8.43. The Morgan fingerprint density at radius 3 is 2.00 bits per heavy atom. The normalized spacial score (nSPS) is 11.8. The van der Waals surface area contributed by atoms with Crippen LogP contribution in [0.1, 0.15) is 27.7 Å². The van der Waals surface area contributed by atoms with Gasteiger partial charge in [-0.15, -0.1) is 0 Å². The van der Waals surface area contributed by atoms with Crippen molar-refractivity contribution in [3.05, 3.63) is 42.5 Å². The number of hydrazine groups is 1. The van der Waals surface area contributed by atoms with Gasteiger partial charge in [-0.2, -0.15) is 0 Å². The molecule has 2 amide bonds. The molecule has 0 unspecified atom stereocenters. The summed E-state index contributed by atoms with van der Waals surface area (Å²) in [6, 6.07) is 8.23. The largest absolute Gasteiger partial charge is 0.478 e. The number of para-hydroxylation sites is 1. The van der Waals surface area contributed by atoms with Crippen LogP contribution in [0.15, 0.2) is 42.5 Å². The Kier molecular flexibility index (Phi) is 6.87. The molecule has 3 N–H and O–H groups in total. The maximum absolute atomic E-state index is 12.7. The zero-order valence-electron chi connectivity index (χ0n) is 14.8. The van der Waals surface area contributed by atoms with Crippen LogP contribution in [0.5, 0.6) is 0 Å². The van der Waals surface area contributed by atoms with E-state index in [9.17, 15) is 19.5 Å². The smallest absolute Gasteiger partial charge is 0.328 e. The predicted octanol–water partition coefficient (Wildman–Crippen LogP) is 1.73. The van der Waals surface area contributed by atoms with E-state index in [0.717, 1.165) is 11.1 Å². The van der Waals surface area contributed by atoms with E-state index >= 15 is 0 Å². The van der Waals surface area contributed by atoms with Crippen molar-refractivity contribution >= 4 is 23.5 Å². The number of carboxylic acids is 1. The van der Waals surface area contributed by atoms with Gasteiger partial charge in [-0.3, -0.25) is 15.0 Å². The number of aliphatic carboxylic acids is 1. The van der Waals surface area contributed by atoms with Crippen molar-refractivity contribution in [2.24, 2.45) is 11.8 Å². The number of rotatable bonds is 6. The number of carbonyl (C=O) groups excluding carboxylic acids is 2. The van der Waals surface area contributed by atoms with Gasteiger partial charge in [0.15, 0.2) is 0 Å². The maximum atomic E-state index is 12.7. The van der Waals surface area contributed by atoms with Crippen LogP contribution < -0.4 is 10.4 Å². The van der Waals surface area contributed by atoms with E-state index in [1.807, 2.05) is 0 Å². The zero-order valence-corrected chi connectivity index (χ0v) is 14.8. The number of carboxylic acid groups (broad SMARTS) is 1. The van der Waals surface area contributed by atoms with E-state index < -0.39 is 35.2 Å². The van der Waals surface area contributed by atoms with Gasteiger partial charge in [0.25, 0.3) is 11.8 Å². The van der Waals surface area contributed by atoms with Gasteiger partial charge < -0.3 is 10.2 Å². The summed E-state index contributed by atoms with van der Waals surface area (Å²) in [7, 11) is 0. The number of aliphatic hydroxyl groups is 1. The van der Waals surface area contributed by atoms with Crippen molar-refractivity contribution in [2.75, 3.05) is 5.01 Å². The average molecular weight is 348 g/mol. The Hall–Kier alpha value is -2.67. The van der Waals surface area contributed by atoms with E-state index in [4.69, 9.17) is 5.11 Å².